The first-order valence-electron chi connectivity index (χ1n) is 11.7. The number of carbonyl (C=O) groups is 1. The second kappa shape index (κ2) is 11.7. The molecule has 0 fully saturated rings. The lowest BCUT2D eigenvalue weighted by Gasteiger charge is -2.24. The largest absolute Gasteiger partial charge is 0.489 e. The van der Waals surface area contributed by atoms with E-state index in [0.29, 0.717) is 18.0 Å². The third kappa shape index (κ3) is 6.95. The van der Waals surface area contributed by atoms with Crippen molar-refractivity contribution in [1.29, 1.82) is 0 Å². The number of ether oxygens (including phenoxy) is 1. The standard InChI is InChI=1S/C29H27FN2O4S/c1-22-7-17-28(18-8-22)37(34,35)32(26-5-3-2-4-6-26)20-29(33)31-19-23-11-15-27(16-12-23)36-21-24-9-13-25(30)14-10-24/h2-18H,19-21H2,1H3,(H,31,33). The molecule has 0 aromatic heterocycles. The lowest BCUT2D eigenvalue weighted by Crippen LogP contribution is -2.40. The van der Waals surface area contributed by atoms with E-state index >= 15 is 0 Å². The highest BCUT2D eigenvalue weighted by Crippen LogP contribution is 2.23. The second-order valence-electron chi connectivity index (χ2n) is 8.50. The van der Waals surface area contributed by atoms with E-state index in [1.165, 1.54) is 24.3 Å². The Morgan fingerprint density at radius 1 is 0.838 bits per heavy atom. The van der Waals surface area contributed by atoms with Crippen LogP contribution in [0.5, 0.6) is 5.75 Å². The molecule has 4 aromatic carbocycles. The first kappa shape index (κ1) is 25.9. The maximum atomic E-state index is 13.4. The summed E-state index contributed by atoms with van der Waals surface area (Å²) in [5.41, 5.74) is 3.02. The number of nitrogens with zero attached hydrogens (tertiary/aromatic N) is 1. The van der Waals surface area contributed by atoms with Crippen molar-refractivity contribution in [2.45, 2.75) is 25.0 Å². The number of hydrogen-bond acceptors (Lipinski definition) is 4. The molecule has 0 radical (unpaired) electrons. The SMILES string of the molecule is Cc1ccc(S(=O)(=O)N(CC(=O)NCc2ccc(OCc3ccc(F)cc3)cc2)c2ccccc2)cc1. The minimum absolute atomic E-state index is 0.117. The maximum absolute atomic E-state index is 13.4. The molecular formula is C29H27FN2O4S. The quantitative estimate of drug-likeness (QED) is 0.312. The first-order valence-corrected chi connectivity index (χ1v) is 13.1. The molecule has 4 aromatic rings. The van der Waals surface area contributed by atoms with Crippen LogP contribution in [0, 0.1) is 12.7 Å². The number of carbonyl (C=O) groups excluding carboxylic acids is 1. The molecule has 6 nitrogen and oxygen atoms in total. The van der Waals surface area contributed by atoms with Gasteiger partial charge < -0.3 is 10.1 Å². The van der Waals surface area contributed by atoms with Crippen LogP contribution >= 0.6 is 0 Å². The van der Waals surface area contributed by atoms with Crippen LogP contribution in [-0.2, 0) is 28.0 Å². The Morgan fingerprint density at radius 2 is 1.46 bits per heavy atom. The summed E-state index contributed by atoms with van der Waals surface area (Å²) in [6.07, 6.45) is 0. The molecule has 190 valence electrons. The molecule has 1 N–H and O–H groups in total. The average molecular weight is 519 g/mol. The van der Waals surface area contributed by atoms with Crippen molar-refractivity contribution in [3.8, 4) is 5.75 Å². The first-order chi connectivity index (χ1) is 17.8. The summed E-state index contributed by atoms with van der Waals surface area (Å²) in [5.74, 6) is -0.0928. The highest BCUT2D eigenvalue weighted by atomic mass is 32.2. The molecule has 4 rings (SSSR count). The minimum Gasteiger partial charge on any atom is -0.489 e. The summed E-state index contributed by atoms with van der Waals surface area (Å²) in [7, 11) is -3.95. The Bertz CT molecular complexity index is 1420. The van der Waals surface area contributed by atoms with Gasteiger partial charge in [-0.05, 0) is 66.6 Å². The number of rotatable bonds is 10. The summed E-state index contributed by atoms with van der Waals surface area (Å²) in [6.45, 7) is 2.05. The molecule has 0 heterocycles. The Morgan fingerprint density at radius 3 is 2.11 bits per heavy atom. The number of aryl methyl sites for hydroxylation is 1. The van der Waals surface area contributed by atoms with Crippen molar-refractivity contribution in [2.75, 3.05) is 10.8 Å². The number of hydrogen-bond donors (Lipinski definition) is 1. The molecule has 0 saturated heterocycles. The van der Waals surface area contributed by atoms with E-state index in [0.717, 1.165) is 21.0 Å². The van der Waals surface area contributed by atoms with Gasteiger partial charge in [-0.1, -0.05) is 60.2 Å². The fraction of sp³-hybridized carbons (Fsp3) is 0.138. The minimum atomic E-state index is -3.95. The van der Waals surface area contributed by atoms with Gasteiger partial charge in [-0.3, -0.25) is 9.10 Å². The van der Waals surface area contributed by atoms with Gasteiger partial charge in [-0.15, -0.1) is 0 Å². The third-order valence-electron chi connectivity index (χ3n) is 5.67. The Hall–Kier alpha value is -4.17. The van der Waals surface area contributed by atoms with Crippen molar-refractivity contribution in [3.05, 3.63) is 126 Å². The molecular weight excluding hydrogens is 491 g/mol. The predicted octanol–water partition coefficient (Wildman–Crippen LogP) is 5.22. The molecule has 8 heteroatoms. The van der Waals surface area contributed by atoms with Crippen molar-refractivity contribution in [1.82, 2.24) is 5.32 Å². The fourth-order valence-corrected chi connectivity index (χ4v) is 5.01. The van der Waals surface area contributed by atoms with Crippen molar-refractivity contribution < 1.29 is 22.3 Å². The van der Waals surface area contributed by atoms with E-state index in [4.69, 9.17) is 4.74 Å². The van der Waals surface area contributed by atoms with Crippen LogP contribution in [0.25, 0.3) is 0 Å². The van der Waals surface area contributed by atoms with E-state index in [1.54, 1.807) is 66.7 Å². The molecule has 37 heavy (non-hydrogen) atoms. The smallest absolute Gasteiger partial charge is 0.264 e. The van der Waals surface area contributed by atoms with Crippen molar-refractivity contribution in [3.63, 3.8) is 0 Å². The number of amides is 1. The maximum Gasteiger partial charge on any atom is 0.264 e. The van der Waals surface area contributed by atoms with E-state index < -0.39 is 15.9 Å². The predicted molar refractivity (Wildman–Crippen MR) is 141 cm³/mol. The zero-order chi connectivity index (χ0) is 26.3. The zero-order valence-corrected chi connectivity index (χ0v) is 21.1. The van der Waals surface area contributed by atoms with Crippen LogP contribution in [0.4, 0.5) is 10.1 Å². The molecule has 0 aliphatic rings. The number of para-hydroxylation sites is 1. The summed E-state index contributed by atoms with van der Waals surface area (Å²) in [5, 5.41) is 2.79. The highest BCUT2D eigenvalue weighted by Gasteiger charge is 2.27. The molecule has 0 spiro atoms. The molecule has 0 bridgehead atoms. The van der Waals surface area contributed by atoms with Gasteiger partial charge in [-0.2, -0.15) is 0 Å². The fourth-order valence-electron chi connectivity index (χ4n) is 3.58. The monoisotopic (exact) mass is 518 g/mol. The lowest BCUT2D eigenvalue weighted by atomic mass is 10.2. The molecule has 0 atom stereocenters. The molecule has 0 saturated carbocycles. The van der Waals surface area contributed by atoms with Gasteiger partial charge in [0.2, 0.25) is 5.91 Å². The molecule has 0 aliphatic carbocycles. The van der Waals surface area contributed by atoms with Gasteiger partial charge in [0, 0.05) is 6.54 Å². The van der Waals surface area contributed by atoms with E-state index in [-0.39, 0.29) is 23.8 Å². The number of sulfonamides is 1. The molecule has 0 unspecified atom stereocenters. The zero-order valence-electron chi connectivity index (χ0n) is 20.3. The summed E-state index contributed by atoms with van der Waals surface area (Å²) < 4.78 is 46.6. The van der Waals surface area contributed by atoms with Crippen LogP contribution in [0.3, 0.4) is 0 Å². The molecule has 0 aliphatic heterocycles. The summed E-state index contributed by atoms with van der Waals surface area (Å²) in [6, 6.07) is 28.4. The average Bonchev–Trinajstić information content (AvgIpc) is 2.91. The van der Waals surface area contributed by atoms with Gasteiger partial charge in [0.15, 0.2) is 0 Å². The number of benzene rings is 4. The Balaban J connectivity index is 1.38. The number of nitrogens with one attached hydrogen (secondary N) is 1. The lowest BCUT2D eigenvalue weighted by molar-refractivity contribution is -0.119. The summed E-state index contributed by atoms with van der Waals surface area (Å²) >= 11 is 0. The van der Waals surface area contributed by atoms with Crippen LogP contribution in [-0.4, -0.2) is 20.9 Å². The topological polar surface area (TPSA) is 75.7 Å². The second-order valence-corrected chi connectivity index (χ2v) is 10.4. The van der Waals surface area contributed by atoms with Crippen LogP contribution in [0.1, 0.15) is 16.7 Å². The number of halogens is 1. The number of anilines is 1. The Labute approximate surface area is 216 Å². The van der Waals surface area contributed by atoms with E-state index in [2.05, 4.69) is 5.32 Å². The van der Waals surface area contributed by atoms with Crippen molar-refractivity contribution in [2.24, 2.45) is 0 Å². The van der Waals surface area contributed by atoms with Gasteiger partial charge in [0.05, 0.1) is 10.6 Å². The van der Waals surface area contributed by atoms with Crippen LogP contribution < -0.4 is 14.4 Å². The van der Waals surface area contributed by atoms with E-state index in [9.17, 15) is 17.6 Å². The van der Waals surface area contributed by atoms with Gasteiger partial charge in [0.25, 0.3) is 10.0 Å². The van der Waals surface area contributed by atoms with Gasteiger partial charge >= 0.3 is 0 Å². The third-order valence-corrected chi connectivity index (χ3v) is 7.46. The van der Waals surface area contributed by atoms with Gasteiger partial charge in [0.1, 0.15) is 24.7 Å². The normalized spacial score (nSPS) is 11.1. The van der Waals surface area contributed by atoms with Crippen molar-refractivity contribution >= 4 is 21.6 Å². The summed E-state index contributed by atoms with van der Waals surface area (Å²) in [4.78, 5) is 12.9. The highest BCUT2D eigenvalue weighted by molar-refractivity contribution is 7.92. The van der Waals surface area contributed by atoms with Crippen LogP contribution in [0.15, 0.2) is 108 Å². The molecule has 1 amide bonds. The van der Waals surface area contributed by atoms with Crippen LogP contribution in [0.2, 0.25) is 0 Å². The van der Waals surface area contributed by atoms with E-state index in [1.807, 2.05) is 19.1 Å². The van der Waals surface area contributed by atoms with Gasteiger partial charge in [-0.25, -0.2) is 12.8 Å². The Kier molecular flexibility index (Phi) is 8.20.